The first-order valence-corrected chi connectivity index (χ1v) is 8.49. The smallest absolute Gasteiger partial charge is 0.219 e. The molecule has 0 unspecified atom stereocenters. The van der Waals surface area contributed by atoms with Gasteiger partial charge in [-0.1, -0.05) is 36.6 Å². The Morgan fingerprint density at radius 1 is 1.29 bits per heavy atom. The molecule has 4 rings (SSSR count). The Labute approximate surface area is 127 Å². The predicted molar refractivity (Wildman–Crippen MR) is 84.3 cm³/mol. The molecular weight excluding hydrogens is 258 g/mol. The third kappa shape index (κ3) is 1.81. The van der Waals surface area contributed by atoms with Crippen molar-refractivity contribution >= 4 is 5.91 Å². The van der Waals surface area contributed by atoms with Crippen molar-refractivity contribution in [2.24, 2.45) is 5.92 Å². The van der Waals surface area contributed by atoms with Crippen LogP contribution in [-0.4, -0.2) is 23.4 Å². The summed E-state index contributed by atoms with van der Waals surface area (Å²) in [6.07, 6.45) is 7.58. The molecule has 0 spiro atoms. The second-order valence-electron chi connectivity index (χ2n) is 7.40. The topological polar surface area (TPSA) is 20.3 Å². The molecule has 1 saturated heterocycles. The molecule has 0 aromatic heterocycles. The van der Waals surface area contributed by atoms with Gasteiger partial charge in [0.05, 0.1) is 0 Å². The zero-order chi connectivity index (χ0) is 14.6. The average Bonchev–Trinajstić information content (AvgIpc) is 2.48. The van der Waals surface area contributed by atoms with Gasteiger partial charge in [-0.25, -0.2) is 0 Å². The highest BCUT2D eigenvalue weighted by atomic mass is 16.2. The number of rotatable bonds is 0. The largest absolute Gasteiger partial charge is 0.339 e. The van der Waals surface area contributed by atoms with Crippen molar-refractivity contribution in [2.45, 2.75) is 63.8 Å². The van der Waals surface area contributed by atoms with Crippen LogP contribution in [0.4, 0.5) is 0 Å². The Hall–Kier alpha value is -1.31. The number of carbonyl (C=O) groups is 1. The summed E-state index contributed by atoms with van der Waals surface area (Å²) in [6.45, 7) is 4.93. The van der Waals surface area contributed by atoms with Crippen molar-refractivity contribution in [2.75, 3.05) is 6.54 Å². The van der Waals surface area contributed by atoms with Crippen molar-refractivity contribution < 1.29 is 4.79 Å². The van der Waals surface area contributed by atoms with E-state index in [0.29, 0.717) is 17.4 Å². The lowest BCUT2D eigenvalue weighted by Gasteiger charge is -2.59. The first-order valence-electron chi connectivity index (χ1n) is 8.49. The number of hydrogen-bond donors (Lipinski definition) is 0. The Balaban J connectivity index is 1.87. The standard InChI is InChI=1S/C19H25NO/c1-13-6-7-15-12-18-16-5-3-4-8-19(16,17(15)11-13)9-10-20(18)14(2)21/h6-7,11,16,18H,3-5,8-10,12H2,1-2H3/t16-,18+,19+/m1/s1. The zero-order valence-electron chi connectivity index (χ0n) is 13.2. The van der Waals surface area contributed by atoms with Crippen molar-refractivity contribution in [3.05, 3.63) is 34.9 Å². The fraction of sp³-hybridized carbons (Fsp3) is 0.632. The molecule has 3 atom stereocenters. The Morgan fingerprint density at radius 3 is 2.95 bits per heavy atom. The summed E-state index contributed by atoms with van der Waals surface area (Å²) < 4.78 is 0. The SMILES string of the molecule is CC(=O)N1CC[C@@]23CCCC[C@@H]2[C@@H]1Cc1ccc(C)cc13. The van der Waals surface area contributed by atoms with Gasteiger partial charge in [-0.3, -0.25) is 4.79 Å². The lowest BCUT2D eigenvalue weighted by Crippen LogP contribution is -2.61. The number of likely N-dealkylation sites (tertiary alicyclic amines) is 1. The van der Waals surface area contributed by atoms with Crippen LogP contribution in [0.15, 0.2) is 18.2 Å². The highest BCUT2D eigenvalue weighted by Gasteiger charge is 2.54. The van der Waals surface area contributed by atoms with E-state index in [4.69, 9.17) is 0 Å². The second-order valence-corrected chi connectivity index (χ2v) is 7.40. The van der Waals surface area contributed by atoms with Gasteiger partial charge >= 0.3 is 0 Å². The van der Waals surface area contributed by atoms with Gasteiger partial charge in [0.25, 0.3) is 0 Å². The molecule has 2 aliphatic carbocycles. The second kappa shape index (κ2) is 4.59. The van der Waals surface area contributed by atoms with Gasteiger partial charge in [-0.2, -0.15) is 0 Å². The van der Waals surface area contributed by atoms with Crippen molar-refractivity contribution in [3.63, 3.8) is 0 Å². The Morgan fingerprint density at radius 2 is 2.14 bits per heavy atom. The van der Waals surface area contributed by atoms with Gasteiger partial charge in [-0.05, 0) is 49.7 Å². The predicted octanol–water partition coefficient (Wildman–Crippen LogP) is 3.60. The fourth-order valence-electron chi connectivity index (χ4n) is 5.51. The average molecular weight is 283 g/mol. The van der Waals surface area contributed by atoms with Crippen LogP contribution in [0.5, 0.6) is 0 Å². The molecule has 1 saturated carbocycles. The quantitative estimate of drug-likeness (QED) is 0.712. The minimum atomic E-state index is 0.273. The third-order valence-corrected chi connectivity index (χ3v) is 6.40. The zero-order valence-corrected chi connectivity index (χ0v) is 13.2. The van der Waals surface area contributed by atoms with E-state index in [2.05, 4.69) is 30.0 Å². The number of fused-ring (bicyclic) bond motifs is 1. The van der Waals surface area contributed by atoms with Crippen LogP contribution in [0.3, 0.4) is 0 Å². The molecule has 1 aromatic rings. The van der Waals surface area contributed by atoms with Crippen LogP contribution in [-0.2, 0) is 16.6 Å². The summed E-state index contributed by atoms with van der Waals surface area (Å²) >= 11 is 0. The number of hydrogen-bond acceptors (Lipinski definition) is 1. The molecule has 1 aliphatic heterocycles. The first-order chi connectivity index (χ1) is 10.1. The molecule has 112 valence electrons. The maximum atomic E-state index is 12.1. The monoisotopic (exact) mass is 283 g/mol. The minimum absolute atomic E-state index is 0.273. The van der Waals surface area contributed by atoms with Gasteiger partial charge in [0.15, 0.2) is 0 Å². The number of nitrogens with zero attached hydrogens (tertiary/aromatic N) is 1. The molecule has 2 bridgehead atoms. The number of piperidine rings is 1. The molecular formula is C19H25NO. The maximum absolute atomic E-state index is 12.1. The van der Waals surface area contributed by atoms with E-state index < -0.39 is 0 Å². The fourth-order valence-corrected chi connectivity index (χ4v) is 5.51. The third-order valence-electron chi connectivity index (χ3n) is 6.40. The molecule has 1 amide bonds. The highest BCUT2D eigenvalue weighted by molar-refractivity contribution is 5.74. The molecule has 0 radical (unpaired) electrons. The van der Waals surface area contributed by atoms with E-state index in [1.807, 2.05) is 0 Å². The van der Waals surface area contributed by atoms with Crippen LogP contribution in [0.25, 0.3) is 0 Å². The van der Waals surface area contributed by atoms with Crippen molar-refractivity contribution in [1.29, 1.82) is 0 Å². The number of aryl methyl sites for hydroxylation is 1. The van der Waals surface area contributed by atoms with Crippen LogP contribution < -0.4 is 0 Å². The molecule has 0 N–H and O–H groups in total. The van der Waals surface area contributed by atoms with Gasteiger partial charge in [0.1, 0.15) is 0 Å². The molecule has 1 aromatic carbocycles. The molecule has 21 heavy (non-hydrogen) atoms. The Bertz CT molecular complexity index is 593. The summed E-state index contributed by atoms with van der Waals surface area (Å²) in [5, 5.41) is 0. The van der Waals surface area contributed by atoms with Gasteiger partial charge in [-0.15, -0.1) is 0 Å². The molecule has 2 fully saturated rings. The van der Waals surface area contributed by atoms with Crippen LogP contribution in [0, 0.1) is 12.8 Å². The van der Waals surface area contributed by atoms with Gasteiger partial charge in [0.2, 0.25) is 5.91 Å². The minimum Gasteiger partial charge on any atom is -0.339 e. The van der Waals surface area contributed by atoms with Crippen molar-refractivity contribution in [3.8, 4) is 0 Å². The number of amides is 1. The Kier molecular flexibility index (Phi) is 2.92. The van der Waals surface area contributed by atoms with Crippen LogP contribution >= 0.6 is 0 Å². The summed E-state index contributed by atoms with van der Waals surface area (Å²) in [5.41, 5.74) is 4.90. The van der Waals surface area contributed by atoms with E-state index in [1.165, 1.54) is 43.2 Å². The van der Waals surface area contributed by atoms with Gasteiger partial charge < -0.3 is 4.90 Å². The highest BCUT2D eigenvalue weighted by Crippen LogP contribution is 2.55. The van der Waals surface area contributed by atoms with Crippen molar-refractivity contribution in [1.82, 2.24) is 4.90 Å². The van der Waals surface area contributed by atoms with E-state index in [1.54, 1.807) is 12.5 Å². The molecule has 3 aliphatic rings. The summed E-state index contributed by atoms with van der Waals surface area (Å²) in [6, 6.07) is 7.47. The lowest BCUT2D eigenvalue weighted by atomic mass is 9.52. The lowest BCUT2D eigenvalue weighted by molar-refractivity contribution is -0.138. The number of benzene rings is 1. The van der Waals surface area contributed by atoms with E-state index >= 15 is 0 Å². The van der Waals surface area contributed by atoms with Crippen LogP contribution in [0.2, 0.25) is 0 Å². The maximum Gasteiger partial charge on any atom is 0.219 e. The molecule has 2 nitrogen and oxygen atoms in total. The first kappa shape index (κ1) is 13.4. The summed E-state index contributed by atoms with van der Waals surface area (Å²) in [7, 11) is 0. The molecule has 1 heterocycles. The summed E-state index contributed by atoms with van der Waals surface area (Å²) in [5.74, 6) is 0.966. The summed E-state index contributed by atoms with van der Waals surface area (Å²) in [4.78, 5) is 14.2. The molecule has 2 heteroatoms. The van der Waals surface area contributed by atoms with E-state index in [-0.39, 0.29) is 5.91 Å². The number of carbonyl (C=O) groups excluding carboxylic acids is 1. The van der Waals surface area contributed by atoms with Crippen LogP contribution in [0.1, 0.15) is 55.7 Å². The van der Waals surface area contributed by atoms with E-state index in [0.717, 1.165) is 13.0 Å². The van der Waals surface area contributed by atoms with Gasteiger partial charge in [0, 0.05) is 24.9 Å². The normalized spacial score (nSPS) is 34.1. The van der Waals surface area contributed by atoms with E-state index in [9.17, 15) is 4.79 Å².